The summed E-state index contributed by atoms with van der Waals surface area (Å²) in [5.74, 6) is 0.0527. The van der Waals surface area contributed by atoms with Crippen LogP contribution >= 0.6 is 0 Å². The number of hydrogen-bond donors (Lipinski definition) is 1. The summed E-state index contributed by atoms with van der Waals surface area (Å²) < 4.78 is 5.38. The van der Waals surface area contributed by atoms with E-state index in [1.165, 1.54) is 5.56 Å². The highest BCUT2D eigenvalue weighted by Gasteiger charge is 2.06. The van der Waals surface area contributed by atoms with Crippen LogP contribution in [0.3, 0.4) is 0 Å². The van der Waals surface area contributed by atoms with Crippen LogP contribution < -0.4 is 5.73 Å². The van der Waals surface area contributed by atoms with Crippen LogP contribution in [0.2, 0.25) is 0 Å². The van der Waals surface area contributed by atoms with E-state index in [1.807, 2.05) is 32.0 Å². The van der Waals surface area contributed by atoms with Crippen LogP contribution in [0.1, 0.15) is 40.7 Å². The van der Waals surface area contributed by atoms with Crippen molar-refractivity contribution in [2.45, 2.75) is 33.1 Å². The molecule has 3 heteroatoms. The fourth-order valence-electron chi connectivity index (χ4n) is 1.69. The maximum absolute atomic E-state index is 11.9. The van der Waals surface area contributed by atoms with Crippen LogP contribution in [0.15, 0.2) is 18.2 Å². The van der Waals surface area contributed by atoms with Crippen molar-refractivity contribution in [2.75, 3.05) is 19.8 Å². The normalized spacial score (nSPS) is 10.6. The van der Waals surface area contributed by atoms with Crippen molar-refractivity contribution in [2.24, 2.45) is 5.73 Å². The molecule has 100 valence electrons. The third-order valence-corrected chi connectivity index (χ3v) is 3.05. The summed E-state index contributed by atoms with van der Waals surface area (Å²) >= 11 is 0. The lowest BCUT2D eigenvalue weighted by atomic mass is 10.0. The second-order valence-electron chi connectivity index (χ2n) is 4.62. The van der Waals surface area contributed by atoms with E-state index in [9.17, 15) is 4.79 Å². The highest BCUT2D eigenvalue weighted by atomic mass is 16.5. The number of carbonyl (C=O) groups is 1. The molecule has 18 heavy (non-hydrogen) atoms. The summed E-state index contributed by atoms with van der Waals surface area (Å²) in [5, 5.41) is 0. The molecule has 0 amide bonds. The van der Waals surface area contributed by atoms with Gasteiger partial charge in [-0.25, -0.2) is 0 Å². The maximum atomic E-state index is 11.9. The molecule has 0 aromatic heterocycles. The molecule has 0 fully saturated rings. The number of Topliss-reactive ketones (excluding diaryl/α,β-unsaturated/α-hetero) is 1. The smallest absolute Gasteiger partial charge is 0.188 e. The zero-order valence-corrected chi connectivity index (χ0v) is 11.4. The number of nitrogens with two attached hydrogens (primary N) is 1. The van der Waals surface area contributed by atoms with Gasteiger partial charge in [-0.3, -0.25) is 4.79 Å². The molecule has 0 unspecified atom stereocenters. The molecule has 0 bridgehead atoms. The first-order chi connectivity index (χ1) is 8.65. The Labute approximate surface area is 109 Å². The third-order valence-electron chi connectivity index (χ3n) is 3.05. The van der Waals surface area contributed by atoms with Crippen molar-refractivity contribution in [3.05, 3.63) is 34.9 Å². The minimum absolute atomic E-state index is 0.0527. The molecule has 0 aliphatic carbocycles. The Morgan fingerprint density at radius 1 is 1.17 bits per heavy atom. The highest BCUT2D eigenvalue weighted by molar-refractivity contribution is 5.97. The average Bonchev–Trinajstić information content (AvgIpc) is 2.36. The van der Waals surface area contributed by atoms with E-state index in [2.05, 4.69) is 0 Å². The number of benzene rings is 1. The van der Waals surface area contributed by atoms with Gasteiger partial charge in [0.25, 0.3) is 0 Å². The van der Waals surface area contributed by atoms with E-state index < -0.39 is 0 Å². The molecule has 1 aromatic carbocycles. The van der Waals surface area contributed by atoms with Crippen molar-refractivity contribution in [3.8, 4) is 0 Å². The molecule has 0 atom stereocenters. The first-order valence-electron chi connectivity index (χ1n) is 6.53. The molecule has 0 saturated heterocycles. The Morgan fingerprint density at radius 2 is 1.94 bits per heavy atom. The zero-order valence-electron chi connectivity index (χ0n) is 11.4. The summed E-state index contributed by atoms with van der Waals surface area (Å²) in [5.41, 5.74) is 8.48. The summed E-state index contributed by atoms with van der Waals surface area (Å²) in [4.78, 5) is 11.9. The van der Waals surface area contributed by atoms with Crippen LogP contribution in [-0.4, -0.2) is 25.5 Å². The van der Waals surface area contributed by atoms with Gasteiger partial charge in [0.1, 0.15) is 6.61 Å². The van der Waals surface area contributed by atoms with E-state index >= 15 is 0 Å². The van der Waals surface area contributed by atoms with Crippen molar-refractivity contribution in [3.63, 3.8) is 0 Å². The first-order valence-corrected chi connectivity index (χ1v) is 6.53. The van der Waals surface area contributed by atoms with Gasteiger partial charge in [-0.1, -0.05) is 12.1 Å². The van der Waals surface area contributed by atoms with Crippen LogP contribution in [0.25, 0.3) is 0 Å². The van der Waals surface area contributed by atoms with Gasteiger partial charge >= 0.3 is 0 Å². The summed E-state index contributed by atoms with van der Waals surface area (Å²) in [6.45, 7) is 5.58. The molecule has 2 N–H and O–H groups in total. The van der Waals surface area contributed by atoms with E-state index in [0.717, 1.165) is 36.9 Å². The van der Waals surface area contributed by atoms with Gasteiger partial charge in [0.15, 0.2) is 5.78 Å². The summed E-state index contributed by atoms with van der Waals surface area (Å²) in [6.07, 6.45) is 3.06. The van der Waals surface area contributed by atoms with Gasteiger partial charge in [0.2, 0.25) is 0 Å². The Morgan fingerprint density at radius 3 is 2.61 bits per heavy atom. The summed E-state index contributed by atoms with van der Waals surface area (Å²) in [6, 6.07) is 5.77. The van der Waals surface area contributed by atoms with Gasteiger partial charge in [-0.15, -0.1) is 0 Å². The lowest BCUT2D eigenvalue weighted by Crippen LogP contribution is -2.10. The molecular weight excluding hydrogens is 226 g/mol. The number of unbranched alkanes of at least 4 members (excludes halogenated alkanes) is 2. The standard InChI is InChI=1S/C15H23NO2/c1-12-6-7-14(10-13(12)2)15(17)11-18-9-5-3-4-8-16/h6-7,10H,3-5,8-9,11,16H2,1-2H3. The highest BCUT2D eigenvalue weighted by Crippen LogP contribution is 2.10. The van der Waals surface area contributed by atoms with Crippen LogP contribution in [0.5, 0.6) is 0 Å². The molecule has 1 aromatic rings. The molecule has 3 nitrogen and oxygen atoms in total. The zero-order chi connectivity index (χ0) is 13.4. The van der Waals surface area contributed by atoms with Gasteiger partial charge in [-0.2, -0.15) is 0 Å². The van der Waals surface area contributed by atoms with E-state index in [4.69, 9.17) is 10.5 Å². The van der Waals surface area contributed by atoms with Crippen molar-refractivity contribution in [1.82, 2.24) is 0 Å². The Hall–Kier alpha value is -1.19. The largest absolute Gasteiger partial charge is 0.373 e. The Balaban J connectivity index is 2.30. The Kier molecular flexibility index (Phi) is 6.61. The Bertz CT molecular complexity index is 388. The van der Waals surface area contributed by atoms with Gasteiger partial charge in [0, 0.05) is 12.2 Å². The van der Waals surface area contributed by atoms with Gasteiger partial charge in [-0.05, 0) is 56.8 Å². The topological polar surface area (TPSA) is 52.3 Å². The minimum Gasteiger partial charge on any atom is -0.373 e. The monoisotopic (exact) mass is 249 g/mol. The second kappa shape index (κ2) is 8.01. The van der Waals surface area contributed by atoms with E-state index in [0.29, 0.717) is 6.61 Å². The predicted octanol–water partition coefficient (Wildman–Crippen LogP) is 2.63. The second-order valence-corrected chi connectivity index (χ2v) is 4.62. The minimum atomic E-state index is 0.0527. The van der Waals surface area contributed by atoms with Crippen molar-refractivity contribution in [1.29, 1.82) is 0 Å². The predicted molar refractivity (Wildman–Crippen MR) is 74.0 cm³/mol. The molecule has 0 aliphatic rings. The molecule has 0 spiro atoms. The summed E-state index contributed by atoms with van der Waals surface area (Å²) in [7, 11) is 0. The van der Waals surface area contributed by atoms with E-state index in [1.54, 1.807) is 0 Å². The number of ketones is 1. The number of carbonyl (C=O) groups excluding carboxylic acids is 1. The number of hydrogen-bond acceptors (Lipinski definition) is 3. The molecule has 0 radical (unpaired) electrons. The van der Waals surface area contributed by atoms with Gasteiger partial charge in [0.05, 0.1) is 0 Å². The average molecular weight is 249 g/mol. The van der Waals surface area contributed by atoms with Crippen molar-refractivity contribution < 1.29 is 9.53 Å². The van der Waals surface area contributed by atoms with Crippen LogP contribution in [0.4, 0.5) is 0 Å². The maximum Gasteiger partial charge on any atom is 0.188 e. The molecule has 1 rings (SSSR count). The third kappa shape index (κ3) is 4.98. The van der Waals surface area contributed by atoms with Crippen molar-refractivity contribution >= 4 is 5.78 Å². The molecule has 0 heterocycles. The quantitative estimate of drug-likeness (QED) is 0.569. The fourth-order valence-corrected chi connectivity index (χ4v) is 1.69. The molecule has 0 saturated carbocycles. The lowest BCUT2D eigenvalue weighted by molar-refractivity contribution is 0.0752. The van der Waals surface area contributed by atoms with Crippen LogP contribution in [-0.2, 0) is 4.74 Å². The van der Waals surface area contributed by atoms with Crippen LogP contribution in [0, 0.1) is 13.8 Å². The van der Waals surface area contributed by atoms with Gasteiger partial charge < -0.3 is 10.5 Å². The number of ether oxygens (including phenoxy) is 1. The number of aryl methyl sites for hydroxylation is 2. The molecular formula is C15H23NO2. The van der Waals surface area contributed by atoms with E-state index in [-0.39, 0.29) is 12.4 Å². The molecule has 0 aliphatic heterocycles. The first kappa shape index (κ1) is 14.9. The lowest BCUT2D eigenvalue weighted by Gasteiger charge is -2.06. The number of rotatable bonds is 8. The SMILES string of the molecule is Cc1ccc(C(=O)COCCCCCN)cc1C. The fraction of sp³-hybridized carbons (Fsp3) is 0.533.